The maximum absolute atomic E-state index is 12.8. The molecule has 0 aliphatic heterocycles. The highest BCUT2D eigenvalue weighted by molar-refractivity contribution is 5.12. The Morgan fingerprint density at radius 3 is 0.565 bits per heavy atom. The van der Waals surface area contributed by atoms with Crippen molar-refractivity contribution < 1.29 is 61.5 Å². The van der Waals surface area contributed by atoms with Crippen molar-refractivity contribution in [3.8, 4) is 0 Å². The number of hydrogen-bond donors (Lipinski definition) is 2. The van der Waals surface area contributed by atoms with Crippen molar-refractivity contribution in [2.75, 3.05) is 0 Å². The van der Waals surface area contributed by atoms with Gasteiger partial charge in [0.15, 0.2) is 0 Å². The Bertz CT molecular complexity index is 403. The lowest BCUT2D eigenvalue weighted by molar-refractivity contribution is -0.440. The summed E-state index contributed by atoms with van der Waals surface area (Å²) in [6.07, 6.45) is 0. The van der Waals surface area contributed by atoms with Crippen LogP contribution in [0.15, 0.2) is 0 Å². The molecule has 0 bridgehead atoms. The van der Waals surface area contributed by atoms with Crippen molar-refractivity contribution >= 4 is 0 Å². The predicted molar refractivity (Wildman–Crippen MR) is 43.0 cm³/mol. The molecule has 0 aliphatic carbocycles. The van der Waals surface area contributed by atoms with Gasteiger partial charge in [-0.15, -0.1) is 0 Å². The predicted octanol–water partition coefficient (Wildman–Crippen LogP) is 3.27. The van der Waals surface area contributed by atoms with Gasteiger partial charge in [-0.3, -0.25) is 11.5 Å². The highest BCUT2D eigenvalue weighted by Crippen LogP contribution is 2.60. The molecule has 0 aliphatic rings. The van der Waals surface area contributed by atoms with E-state index in [-0.39, 0.29) is 0 Å². The van der Waals surface area contributed by atoms with Crippen LogP contribution in [-0.4, -0.2) is 41.7 Å². The molecule has 140 valence electrons. The third-order valence-corrected chi connectivity index (χ3v) is 2.41. The summed E-state index contributed by atoms with van der Waals surface area (Å²) in [6.45, 7) is 0. The van der Waals surface area contributed by atoms with Gasteiger partial charge in [0, 0.05) is 0 Å². The Hall–Kier alpha value is -1.06. The van der Waals surface area contributed by atoms with Crippen LogP contribution in [0.1, 0.15) is 0 Å². The van der Waals surface area contributed by atoms with E-state index in [4.69, 9.17) is 0 Å². The molecule has 0 aromatic heterocycles. The lowest BCUT2D eigenvalue weighted by Gasteiger charge is -2.41. The molecule has 0 saturated carbocycles. The van der Waals surface area contributed by atoms with E-state index in [2.05, 4.69) is 11.5 Å². The van der Waals surface area contributed by atoms with Gasteiger partial charge < -0.3 is 0 Å². The Morgan fingerprint density at radius 1 is 0.304 bits per heavy atom. The number of alkyl halides is 14. The molecular weight excluding hydrogens is 378 g/mol. The van der Waals surface area contributed by atoms with E-state index in [0.29, 0.717) is 0 Å². The van der Waals surface area contributed by atoms with Crippen molar-refractivity contribution in [3.63, 3.8) is 0 Å². The van der Waals surface area contributed by atoms with Crippen molar-refractivity contribution in [1.82, 2.24) is 0 Å². The van der Waals surface area contributed by atoms with E-state index in [1.165, 1.54) is 0 Å². The van der Waals surface area contributed by atoms with E-state index in [9.17, 15) is 61.5 Å². The number of halogens is 14. The average molecular weight is 382 g/mol. The molecule has 2 nitrogen and oxygen atoms in total. The monoisotopic (exact) mass is 382 g/mol. The molecule has 0 spiro atoms. The Morgan fingerprint density at radius 2 is 0.435 bits per heavy atom. The third kappa shape index (κ3) is 2.68. The highest BCUT2D eigenvalue weighted by Gasteiger charge is 2.92. The van der Waals surface area contributed by atoms with Crippen molar-refractivity contribution in [2.24, 2.45) is 11.5 Å². The summed E-state index contributed by atoms with van der Waals surface area (Å²) in [5.74, 6) is -39.1. The first kappa shape index (κ1) is 21.9. The average Bonchev–Trinajstić information content (AvgIpc) is 2.24. The van der Waals surface area contributed by atoms with Crippen LogP contribution in [-0.2, 0) is 0 Å². The fraction of sp³-hybridized carbons (Fsp3) is 1.00. The topological polar surface area (TPSA) is 52.0 Å². The molecule has 0 heterocycles. The first-order chi connectivity index (χ1) is 9.50. The molecule has 0 fully saturated rings. The van der Waals surface area contributed by atoms with Gasteiger partial charge >= 0.3 is 41.7 Å². The second kappa shape index (κ2) is 4.97. The number of nitrogens with two attached hydrogens (primary N) is 2. The van der Waals surface area contributed by atoms with Gasteiger partial charge in [0.1, 0.15) is 0 Å². The number of hydrogen-bond acceptors (Lipinski definition) is 2. The molecule has 0 atom stereocenters. The van der Waals surface area contributed by atoms with Crippen LogP contribution in [0.4, 0.5) is 61.5 Å². The smallest absolute Gasteiger partial charge is 0.267 e. The minimum Gasteiger partial charge on any atom is -0.267 e. The summed E-state index contributed by atoms with van der Waals surface area (Å²) < 4.78 is 175. The fourth-order valence-electron chi connectivity index (χ4n) is 1.01. The quantitative estimate of drug-likeness (QED) is 0.548. The summed E-state index contributed by atoms with van der Waals surface area (Å²) in [5.41, 5.74) is 6.26. The molecule has 0 rings (SSSR count). The maximum Gasteiger partial charge on any atom is 0.392 e. The Kier molecular flexibility index (Phi) is 4.74. The summed E-state index contributed by atoms with van der Waals surface area (Å²) in [6, 6.07) is -13.2. The van der Waals surface area contributed by atoms with Gasteiger partial charge in [-0.05, 0) is 0 Å². The van der Waals surface area contributed by atoms with Gasteiger partial charge in [-0.2, -0.15) is 61.5 Å². The zero-order chi connectivity index (χ0) is 19.5. The number of rotatable bonds is 6. The van der Waals surface area contributed by atoms with Crippen LogP contribution in [0.5, 0.6) is 0 Å². The van der Waals surface area contributed by atoms with E-state index in [1.807, 2.05) is 0 Å². The Labute approximate surface area is 116 Å². The molecule has 23 heavy (non-hydrogen) atoms. The molecule has 0 unspecified atom stereocenters. The van der Waals surface area contributed by atoms with E-state index >= 15 is 0 Å². The van der Waals surface area contributed by atoms with Gasteiger partial charge in [0.25, 0.3) is 0 Å². The molecule has 0 radical (unpaired) electrons. The van der Waals surface area contributed by atoms with Gasteiger partial charge in [-0.1, -0.05) is 0 Å². The maximum atomic E-state index is 12.8. The summed E-state index contributed by atoms with van der Waals surface area (Å²) in [4.78, 5) is 0. The zero-order valence-corrected chi connectivity index (χ0v) is 9.95. The van der Waals surface area contributed by atoms with Crippen LogP contribution in [0.3, 0.4) is 0 Å². The van der Waals surface area contributed by atoms with Crippen LogP contribution in [0.2, 0.25) is 0 Å². The molecule has 4 N–H and O–H groups in total. The first-order valence-corrected chi connectivity index (χ1v) is 4.72. The molecule has 0 amide bonds. The summed E-state index contributed by atoms with van der Waals surface area (Å²) in [5, 5.41) is 0. The summed E-state index contributed by atoms with van der Waals surface area (Å²) >= 11 is 0. The lowest BCUT2D eigenvalue weighted by Crippen LogP contribution is -2.75. The minimum absolute atomic E-state index is 3.13. The van der Waals surface area contributed by atoms with E-state index in [1.54, 1.807) is 0 Å². The lowest BCUT2D eigenvalue weighted by atomic mass is 9.92. The standard InChI is InChI=1S/C7H4F14N2/c8-1(9,2(10,11)4(14,15)6(18,19)22)3(12,13)5(16,17)7(20,21)23/h22-23H2. The summed E-state index contributed by atoms with van der Waals surface area (Å²) in [7, 11) is 0. The van der Waals surface area contributed by atoms with Gasteiger partial charge in [0.05, 0.1) is 0 Å². The van der Waals surface area contributed by atoms with Crippen molar-refractivity contribution in [3.05, 3.63) is 0 Å². The molecule has 0 aromatic rings. The Balaban J connectivity index is 6.37. The van der Waals surface area contributed by atoms with Crippen LogP contribution >= 0.6 is 0 Å². The molecule has 0 saturated heterocycles. The fourth-order valence-corrected chi connectivity index (χ4v) is 1.01. The minimum atomic E-state index is -8.11. The first-order valence-electron chi connectivity index (χ1n) is 4.72. The van der Waals surface area contributed by atoms with Crippen LogP contribution in [0, 0.1) is 0 Å². The van der Waals surface area contributed by atoms with E-state index < -0.39 is 41.7 Å². The normalized spacial score (nSPS) is 16.7. The SMILES string of the molecule is NC(F)(F)C(F)(F)C(F)(F)C(F)(F)C(F)(F)C(F)(F)C(N)(F)F. The largest absolute Gasteiger partial charge is 0.392 e. The molecular formula is C7H4F14N2. The second-order valence-electron chi connectivity index (χ2n) is 4.12. The zero-order valence-electron chi connectivity index (χ0n) is 9.95. The van der Waals surface area contributed by atoms with Crippen molar-refractivity contribution in [1.29, 1.82) is 0 Å². The van der Waals surface area contributed by atoms with Crippen molar-refractivity contribution in [2.45, 2.75) is 41.7 Å². The molecule has 16 heteroatoms. The highest BCUT2D eigenvalue weighted by atomic mass is 19.4. The van der Waals surface area contributed by atoms with Gasteiger partial charge in [-0.25, -0.2) is 0 Å². The molecule has 0 aromatic carbocycles. The second-order valence-corrected chi connectivity index (χ2v) is 4.12. The van der Waals surface area contributed by atoms with Crippen LogP contribution in [0.25, 0.3) is 0 Å². The van der Waals surface area contributed by atoms with Gasteiger partial charge in [0.2, 0.25) is 0 Å². The van der Waals surface area contributed by atoms with Crippen LogP contribution < -0.4 is 11.5 Å². The third-order valence-electron chi connectivity index (χ3n) is 2.41. The van der Waals surface area contributed by atoms with E-state index in [0.717, 1.165) is 0 Å².